The normalized spacial score (nSPS) is 19.0. The zero-order chi connectivity index (χ0) is 39.8. The lowest BCUT2D eigenvalue weighted by Gasteiger charge is -2.34. The van der Waals surface area contributed by atoms with Gasteiger partial charge >= 0.3 is 0 Å². The molecule has 0 amide bonds. The highest BCUT2D eigenvalue weighted by molar-refractivity contribution is 5.84. The Hall–Kier alpha value is -7.54. The van der Waals surface area contributed by atoms with Crippen molar-refractivity contribution in [2.75, 3.05) is 20.4 Å². The first kappa shape index (κ1) is 35.6. The van der Waals surface area contributed by atoms with Crippen LogP contribution in [0.3, 0.4) is 0 Å². The highest BCUT2D eigenvalue weighted by atomic mass is 15.3. The molecular weight excluding hydrogens is 733 g/mol. The predicted octanol–water partition coefficient (Wildman–Crippen LogP) is 12.9. The maximum Gasteiger partial charge on any atom is 0.130 e. The second kappa shape index (κ2) is 15.3. The van der Waals surface area contributed by atoms with E-state index in [1.807, 2.05) is 0 Å². The van der Waals surface area contributed by atoms with Crippen molar-refractivity contribution in [1.82, 2.24) is 10.6 Å². The first-order chi connectivity index (χ1) is 29.7. The molecule has 0 fully saturated rings. The van der Waals surface area contributed by atoms with Crippen molar-refractivity contribution in [3.63, 3.8) is 0 Å². The summed E-state index contributed by atoms with van der Waals surface area (Å²) in [4.78, 5) is 4.81. The summed E-state index contributed by atoms with van der Waals surface area (Å²) in [6.07, 6.45) is 2.03. The molecule has 3 aliphatic rings. The van der Waals surface area contributed by atoms with E-state index in [9.17, 15) is 0 Å². The molecule has 3 heterocycles. The van der Waals surface area contributed by atoms with Gasteiger partial charge in [0.2, 0.25) is 0 Å². The number of anilines is 6. The van der Waals surface area contributed by atoms with E-state index < -0.39 is 0 Å². The summed E-state index contributed by atoms with van der Waals surface area (Å²) in [5.74, 6) is 0. The van der Waals surface area contributed by atoms with Crippen LogP contribution < -0.4 is 31.1 Å². The standard InChI is InChI=1S/C54H44N6/c1-4-16-37(17-5-1)38-30-32-39(33-31-38)48-36-49(40-18-14-20-42(34-40)53-57-46-26-10-12-28-50(46)59(53)44-22-6-2-7-23-44)56-52(55-48)41-19-15-21-43(35-41)54-58-47-27-11-13-29-51(47)60(54)45-24-8-3-9-25-45/h1-36,49,52-58H. The molecule has 0 bridgehead atoms. The summed E-state index contributed by atoms with van der Waals surface area (Å²) in [5, 5.41) is 15.6. The molecule has 4 unspecified atom stereocenters. The Balaban J connectivity index is 0.961. The molecule has 0 aromatic heterocycles. The Kier molecular flexibility index (Phi) is 9.10. The molecule has 8 aromatic carbocycles. The highest BCUT2D eigenvalue weighted by Gasteiger charge is 2.34. The Bertz CT molecular complexity index is 2810. The fourth-order valence-corrected chi connectivity index (χ4v) is 9.03. The average Bonchev–Trinajstić information content (AvgIpc) is 3.92. The molecule has 290 valence electrons. The zero-order valence-corrected chi connectivity index (χ0v) is 33.0. The largest absolute Gasteiger partial charge is 0.366 e. The van der Waals surface area contributed by atoms with Gasteiger partial charge in [0.25, 0.3) is 0 Å². The van der Waals surface area contributed by atoms with Crippen LogP contribution in [0.25, 0.3) is 16.8 Å². The fourth-order valence-electron chi connectivity index (χ4n) is 9.03. The van der Waals surface area contributed by atoms with Gasteiger partial charge in [-0.3, -0.25) is 5.32 Å². The maximum atomic E-state index is 4.02. The van der Waals surface area contributed by atoms with Gasteiger partial charge in [-0.15, -0.1) is 0 Å². The minimum Gasteiger partial charge on any atom is -0.366 e. The smallest absolute Gasteiger partial charge is 0.130 e. The van der Waals surface area contributed by atoms with Crippen LogP contribution in [-0.4, -0.2) is 0 Å². The first-order valence-corrected chi connectivity index (χ1v) is 20.7. The third-order valence-electron chi connectivity index (χ3n) is 11.9. The van der Waals surface area contributed by atoms with Crippen molar-refractivity contribution in [1.29, 1.82) is 0 Å². The Morgan fingerprint density at radius 3 is 1.38 bits per heavy atom. The fraction of sp³-hybridized carbons (Fsp3) is 0.0741. The van der Waals surface area contributed by atoms with E-state index in [0.717, 1.165) is 39.6 Å². The molecule has 6 heteroatoms. The SMILES string of the molecule is C1=C(c2ccc(-c3ccccc3)cc2)NC(c2cccc(C3Nc4ccccc4N3c3ccccc3)c2)NC1c1cccc(C2Nc3ccccc3N2c2ccccc2)c1. The van der Waals surface area contributed by atoms with Crippen LogP contribution in [0.15, 0.2) is 218 Å². The summed E-state index contributed by atoms with van der Waals surface area (Å²) >= 11 is 0. The van der Waals surface area contributed by atoms with Gasteiger partial charge in [-0.25, -0.2) is 0 Å². The van der Waals surface area contributed by atoms with Gasteiger partial charge in [-0.2, -0.15) is 0 Å². The molecular formula is C54H44N6. The summed E-state index contributed by atoms with van der Waals surface area (Å²) in [7, 11) is 0. The molecule has 0 aliphatic carbocycles. The van der Waals surface area contributed by atoms with Gasteiger partial charge in [0.15, 0.2) is 0 Å². The van der Waals surface area contributed by atoms with Gasteiger partial charge in [0.1, 0.15) is 18.5 Å². The summed E-state index contributed by atoms with van der Waals surface area (Å²) in [6, 6.07) is 75.9. The predicted molar refractivity (Wildman–Crippen MR) is 247 cm³/mol. The highest BCUT2D eigenvalue weighted by Crippen LogP contribution is 2.48. The molecule has 8 aromatic rings. The number of nitrogens with one attached hydrogen (secondary N) is 4. The molecule has 4 N–H and O–H groups in total. The summed E-state index contributed by atoms with van der Waals surface area (Å²) < 4.78 is 0. The van der Waals surface area contributed by atoms with E-state index in [1.165, 1.54) is 39.2 Å². The Morgan fingerprint density at radius 2 is 0.800 bits per heavy atom. The summed E-state index contributed by atoms with van der Waals surface area (Å²) in [5.41, 5.74) is 16.3. The van der Waals surface area contributed by atoms with Crippen molar-refractivity contribution >= 4 is 39.8 Å². The Labute approximate surface area is 351 Å². The van der Waals surface area contributed by atoms with Gasteiger partial charge in [-0.1, -0.05) is 152 Å². The van der Waals surface area contributed by atoms with E-state index in [2.05, 4.69) is 249 Å². The number of hydrogen-bond acceptors (Lipinski definition) is 6. The van der Waals surface area contributed by atoms with Gasteiger partial charge in [0, 0.05) is 17.1 Å². The summed E-state index contributed by atoms with van der Waals surface area (Å²) in [6.45, 7) is 0. The van der Waals surface area contributed by atoms with E-state index in [0.29, 0.717) is 0 Å². The number of rotatable bonds is 8. The second-order valence-electron chi connectivity index (χ2n) is 15.6. The average molecular weight is 777 g/mol. The monoisotopic (exact) mass is 776 g/mol. The molecule has 11 rings (SSSR count). The van der Waals surface area contributed by atoms with Crippen LogP contribution in [-0.2, 0) is 0 Å². The van der Waals surface area contributed by atoms with Gasteiger partial charge < -0.3 is 25.8 Å². The van der Waals surface area contributed by atoms with Crippen molar-refractivity contribution in [3.05, 3.63) is 246 Å². The van der Waals surface area contributed by atoms with Gasteiger partial charge in [0.05, 0.1) is 28.8 Å². The van der Waals surface area contributed by atoms with Crippen molar-refractivity contribution in [3.8, 4) is 11.1 Å². The van der Waals surface area contributed by atoms with E-state index >= 15 is 0 Å². The number of para-hydroxylation sites is 6. The van der Waals surface area contributed by atoms with Crippen LogP contribution >= 0.6 is 0 Å². The zero-order valence-electron chi connectivity index (χ0n) is 33.0. The lowest BCUT2D eigenvalue weighted by molar-refractivity contribution is 0.442. The lowest BCUT2D eigenvalue weighted by atomic mass is 9.95. The maximum absolute atomic E-state index is 4.02. The molecule has 6 nitrogen and oxygen atoms in total. The second-order valence-corrected chi connectivity index (χ2v) is 15.6. The Morgan fingerprint density at radius 1 is 0.350 bits per heavy atom. The van der Waals surface area contributed by atoms with Crippen molar-refractivity contribution in [2.24, 2.45) is 0 Å². The van der Waals surface area contributed by atoms with Crippen LogP contribution in [0.4, 0.5) is 34.1 Å². The number of fused-ring (bicyclic) bond motifs is 2. The molecule has 0 radical (unpaired) electrons. The van der Waals surface area contributed by atoms with E-state index in [-0.39, 0.29) is 24.5 Å². The minimum absolute atomic E-state index is 0.0662. The quantitative estimate of drug-likeness (QED) is 0.123. The van der Waals surface area contributed by atoms with Crippen LogP contribution in [0.5, 0.6) is 0 Å². The number of nitrogens with zero attached hydrogens (tertiary/aromatic N) is 2. The van der Waals surface area contributed by atoms with Gasteiger partial charge in [-0.05, 0) is 106 Å². The van der Waals surface area contributed by atoms with Crippen LogP contribution in [0.1, 0.15) is 52.4 Å². The molecule has 0 saturated heterocycles. The van der Waals surface area contributed by atoms with E-state index in [1.54, 1.807) is 0 Å². The first-order valence-electron chi connectivity index (χ1n) is 20.7. The molecule has 0 spiro atoms. The number of hydrogen-bond donors (Lipinski definition) is 4. The van der Waals surface area contributed by atoms with E-state index in [4.69, 9.17) is 0 Å². The lowest BCUT2D eigenvalue weighted by Crippen LogP contribution is -2.39. The van der Waals surface area contributed by atoms with Crippen molar-refractivity contribution < 1.29 is 0 Å². The minimum atomic E-state index is -0.170. The topological polar surface area (TPSA) is 54.6 Å². The third kappa shape index (κ3) is 6.63. The van der Waals surface area contributed by atoms with Crippen molar-refractivity contribution in [2.45, 2.75) is 24.5 Å². The number of benzene rings is 8. The van der Waals surface area contributed by atoms with Crippen LogP contribution in [0.2, 0.25) is 0 Å². The molecule has 60 heavy (non-hydrogen) atoms. The van der Waals surface area contributed by atoms with Crippen LogP contribution in [0, 0.1) is 0 Å². The molecule has 0 saturated carbocycles. The third-order valence-corrected chi connectivity index (χ3v) is 11.9. The molecule has 3 aliphatic heterocycles. The molecule has 4 atom stereocenters.